The molecule has 3 aromatic rings. The first-order chi connectivity index (χ1) is 12.2. The Balaban J connectivity index is 2.17. The van der Waals surface area contributed by atoms with E-state index in [4.69, 9.17) is 10.1 Å². The Labute approximate surface area is 144 Å². The molecule has 1 N–H and O–H groups in total. The summed E-state index contributed by atoms with van der Waals surface area (Å²) in [6, 6.07) is 18.6. The van der Waals surface area contributed by atoms with Crippen LogP contribution < -0.4 is 4.68 Å². The van der Waals surface area contributed by atoms with E-state index in [0.29, 0.717) is 5.69 Å². The van der Waals surface area contributed by atoms with Gasteiger partial charge in [-0.3, -0.25) is 5.41 Å². The van der Waals surface area contributed by atoms with E-state index in [1.807, 2.05) is 60.7 Å². The molecule has 0 radical (unpaired) electrons. The molecule has 0 aliphatic heterocycles. The molecule has 0 spiro atoms. The molecule has 0 aliphatic carbocycles. The highest BCUT2D eigenvalue weighted by Crippen LogP contribution is 2.11. The molecule has 2 aromatic carbocycles. The number of para-hydroxylation sites is 2. The predicted octanol–water partition coefficient (Wildman–Crippen LogP) is 1.74. The van der Waals surface area contributed by atoms with Crippen LogP contribution in [0.1, 0.15) is 12.7 Å². The number of benzene rings is 2. The van der Waals surface area contributed by atoms with Crippen LogP contribution >= 0.6 is 0 Å². The van der Waals surface area contributed by atoms with Crippen LogP contribution in [0, 0.1) is 5.41 Å². The summed E-state index contributed by atoms with van der Waals surface area (Å²) < 4.78 is 6.49. The largest absolute Gasteiger partial charge is 0.462 e. The third-order valence-corrected chi connectivity index (χ3v) is 3.38. The molecule has 0 fully saturated rings. The molecule has 3 rings (SSSR count). The van der Waals surface area contributed by atoms with Crippen molar-refractivity contribution >= 4 is 17.4 Å². The first kappa shape index (κ1) is 16.3. The topological polar surface area (TPSA) is 84.7 Å². The van der Waals surface area contributed by atoms with E-state index in [2.05, 4.69) is 16.2 Å². The Morgan fingerprint density at radius 1 is 1.16 bits per heavy atom. The van der Waals surface area contributed by atoms with Gasteiger partial charge in [-0.05, 0) is 31.2 Å². The number of hydrogen-bond donors (Lipinski definition) is 1. The number of nitrogens with zero attached hydrogens (tertiary/aromatic N) is 4. The van der Waals surface area contributed by atoms with Gasteiger partial charge in [0.05, 0.1) is 16.9 Å². The second-order valence-electron chi connectivity index (χ2n) is 5.01. The van der Waals surface area contributed by atoms with Crippen LogP contribution in [0.5, 0.6) is 0 Å². The minimum atomic E-state index is -0.665. The normalized spacial score (nSPS) is 10.1. The lowest BCUT2D eigenvalue weighted by Crippen LogP contribution is -2.38. The number of aromatic nitrogens is 4. The second kappa shape index (κ2) is 7.33. The Bertz CT molecular complexity index is 929. The summed E-state index contributed by atoms with van der Waals surface area (Å²) in [6.45, 7) is 1.90. The fraction of sp³-hybridized carbons (Fsp3) is 0.111. The zero-order valence-corrected chi connectivity index (χ0v) is 13.6. The van der Waals surface area contributed by atoms with E-state index >= 15 is 0 Å². The molecule has 0 aliphatic rings. The van der Waals surface area contributed by atoms with Gasteiger partial charge in [-0.15, -0.1) is 0 Å². The van der Waals surface area contributed by atoms with Crippen molar-refractivity contribution < 1.29 is 14.2 Å². The highest BCUT2D eigenvalue weighted by atomic mass is 16.5. The van der Waals surface area contributed by atoms with Gasteiger partial charge in [-0.25, -0.2) is 4.79 Å². The third-order valence-electron chi connectivity index (χ3n) is 3.38. The maximum absolute atomic E-state index is 12.2. The van der Waals surface area contributed by atoms with Crippen LogP contribution in [-0.4, -0.2) is 33.6 Å². The van der Waals surface area contributed by atoms with Gasteiger partial charge in [-0.2, -0.15) is 0 Å². The van der Waals surface area contributed by atoms with E-state index < -0.39 is 5.97 Å². The van der Waals surface area contributed by atoms with Crippen LogP contribution in [0.2, 0.25) is 0 Å². The van der Waals surface area contributed by atoms with Crippen molar-refractivity contribution in [3.63, 3.8) is 0 Å². The maximum Gasteiger partial charge on any atom is 0.354 e. The van der Waals surface area contributed by atoms with Gasteiger partial charge >= 0.3 is 11.8 Å². The van der Waals surface area contributed by atoms with Crippen LogP contribution in [0.25, 0.3) is 16.9 Å². The molecular weight excluding hydrogens is 318 g/mol. The maximum atomic E-state index is 12.2. The third kappa shape index (κ3) is 3.36. The number of esters is 1. The highest BCUT2D eigenvalue weighted by Gasteiger charge is 2.31. The molecular formula is C18H16N5O2+. The Morgan fingerprint density at radius 3 is 2.40 bits per heavy atom. The van der Waals surface area contributed by atoms with Gasteiger partial charge in [-0.1, -0.05) is 41.1 Å². The van der Waals surface area contributed by atoms with Crippen molar-refractivity contribution in [3.05, 3.63) is 66.5 Å². The fourth-order valence-electron chi connectivity index (χ4n) is 2.25. The van der Waals surface area contributed by atoms with Gasteiger partial charge < -0.3 is 4.74 Å². The summed E-state index contributed by atoms with van der Waals surface area (Å²) in [4.78, 5) is 13.6. The van der Waals surface area contributed by atoms with Crippen molar-refractivity contribution in [1.29, 1.82) is 5.41 Å². The lowest BCUT2D eigenvalue weighted by Gasteiger charge is -2.00. The van der Waals surface area contributed by atoms with Gasteiger partial charge in [0.1, 0.15) is 5.69 Å². The van der Waals surface area contributed by atoms with E-state index in [-0.39, 0.29) is 18.0 Å². The Kier molecular flexibility index (Phi) is 4.78. The summed E-state index contributed by atoms with van der Waals surface area (Å²) in [7, 11) is 0. The van der Waals surface area contributed by atoms with Gasteiger partial charge in [0.2, 0.25) is 5.57 Å². The molecule has 0 saturated carbocycles. The molecule has 124 valence electrons. The first-order valence-corrected chi connectivity index (χ1v) is 7.72. The number of rotatable bonds is 5. The van der Waals surface area contributed by atoms with Crippen LogP contribution in [-0.2, 0) is 9.53 Å². The quantitative estimate of drug-likeness (QED) is 0.333. The number of ether oxygens (including phenoxy) is 1. The van der Waals surface area contributed by atoms with E-state index in [9.17, 15) is 4.79 Å². The molecule has 7 heteroatoms. The van der Waals surface area contributed by atoms with Crippen molar-refractivity contribution in [2.45, 2.75) is 6.92 Å². The van der Waals surface area contributed by atoms with Gasteiger partial charge in [0.25, 0.3) is 0 Å². The van der Waals surface area contributed by atoms with Gasteiger partial charge in [0.15, 0.2) is 5.69 Å². The van der Waals surface area contributed by atoms with Crippen LogP contribution in [0.15, 0.2) is 60.7 Å². The minimum absolute atomic E-state index is 0.0899. The average molecular weight is 334 g/mol. The second-order valence-corrected chi connectivity index (χ2v) is 5.01. The Hall–Kier alpha value is -3.57. The fourth-order valence-corrected chi connectivity index (χ4v) is 2.25. The molecule has 0 amide bonds. The molecule has 0 bridgehead atoms. The molecule has 0 saturated heterocycles. The molecule has 0 unspecified atom stereocenters. The minimum Gasteiger partial charge on any atom is -0.462 e. The SMILES string of the molecule is CCOC(=O)C(=C=N)c1nn(-c2ccccc2)n[n+]1-c1ccccc1. The van der Waals surface area contributed by atoms with Crippen molar-refractivity contribution in [2.75, 3.05) is 6.61 Å². The lowest BCUT2D eigenvalue weighted by molar-refractivity contribution is -0.663. The molecule has 0 atom stereocenters. The van der Waals surface area contributed by atoms with E-state index in [0.717, 1.165) is 5.69 Å². The van der Waals surface area contributed by atoms with Crippen LogP contribution in [0.3, 0.4) is 0 Å². The standard InChI is InChI=1S/C18H16N5O2/c1-2-25-18(24)16(13-19)17-20-23(15-11-7-4-8-12-15)21-22(17)14-9-5-3-6-10-14/h3-12,19H,2H2,1H3/q+1. The number of hydrogen-bond acceptors (Lipinski definition) is 5. The molecule has 25 heavy (non-hydrogen) atoms. The summed E-state index contributed by atoms with van der Waals surface area (Å²) in [5, 5.41) is 16.3. The molecule has 7 nitrogen and oxygen atoms in total. The number of nitrogens with one attached hydrogen (secondary N) is 1. The predicted molar refractivity (Wildman–Crippen MR) is 90.7 cm³/mol. The summed E-state index contributed by atoms with van der Waals surface area (Å²) in [6.07, 6.45) is 0. The zero-order chi connectivity index (χ0) is 17.6. The monoisotopic (exact) mass is 334 g/mol. The summed E-state index contributed by atoms with van der Waals surface area (Å²) >= 11 is 0. The van der Waals surface area contributed by atoms with Crippen molar-refractivity contribution in [3.8, 4) is 11.4 Å². The molecule has 1 aromatic heterocycles. The smallest absolute Gasteiger partial charge is 0.354 e. The number of tetrazole rings is 1. The first-order valence-electron chi connectivity index (χ1n) is 7.72. The Morgan fingerprint density at radius 2 is 1.80 bits per heavy atom. The van der Waals surface area contributed by atoms with Crippen molar-refractivity contribution in [2.24, 2.45) is 0 Å². The number of carbonyl (C=O) groups is 1. The van der Waals surface area contributed by atoms with Gasteiger partial charge in [0, 0.05) is 10.7 Å². The number of carbonyl (C=O) groups excluding carboxylic acids is 1. The molecule has 1 heterocycles. The van der Waals surface area contributed by atoms with Crippen molar-refractivity contribution in [1.82, 2.24) is 15.1 Å². The van der Waals surface area contributed by atoms with Crippen LogP contribution in [0.4, 0.5) is 0 Å². The highest BCUT2D eigenvalue weighted by molar-refractivity contribution is 6.23. The van der Waals surface area contributed by atoms with E-state index in [1.54, 1.807) is 6.92 Å². The summed E-state index contributed by atoms with van der Waals surface area (Å²) in [5.41, 5.74) is 1.34. The summed E-state index contributed by atoms with van der Waals surface area (Å²) in [5.74, 6) is 1.65. The van der Waals surface area contributed by atoms with E-state index in [1.165, 1.54) is 9.48 Å². The average Bonchev–Trinajstić information content (AvgIpc) is 3.09. The lowest BCUT2D eigenvalue weighted by atomic mass is 10.2. The zero-order valence-electron chi connectivity index (χ0n) is 13.6.